The summed E-state index contributed by atoms with van der Waals surface area (Å²) in [5.41, 5.74) is 0. The first-order valence-electron chi connectivity index (χ1n) is 10.0. The largest absolute Gasteiger partial charge is 0.343 e. The lowest BCUT2D eigenvalue weighted by Gasteiger charge is -2.37. The van der Waals surface area contributed by atoms with Gasteiger partial charge in [0.15, 0.2) is 0 Å². The highest BCUT2D eigenvalue weighted by Gasteiger charge is 2.47. The molecular formula is C19H29N3O3. The van der Waals surface area contributed by atoms with Crippen LogP contribution in [0.2, 0.25) is 0 Å². The molecule has 6 heteroatoms. The molecule has 2 heterocycles. The lowest BCUT2D eigenvalue weighted by Crippen LogP contribution is -2.48. The predicted octanol–water partition coefficient (Wildman–Crippen LogP) is 2.37. The van der Waals surface area contributed by atoms with E-state index in [1.807, 2.05) is 4.90 Å². The molecule has 4 aliphatic rings. The number of carbonyl (C=O) groups excluding carboxylic acids is 3. The minimum absolute atomic E-state index is 0.0386. The Morgan fingerprint density at radius 1 is 0.880 bits per heavy atom. The predicted molar refractivity (Wildman–Crippen MR) is 92.8 cm³/mol. The topological polar surface area (TPSA) is 60.9 Å². The van der Waals surface area contributed by atoms with Crippen LogP contribution in [0.25, 0.3) is 0 Å². The van der Waals surface area contributed by atoms with Crippen molar-refractivity contribution < 1.29 is 14.4 Å². The van der Waals surface area contributed by atoms with Crippen molar-refractivity contribution in [2.45, 2.75) is 76.3 Å². The normalized spacial score (nSPS) is 26.6. The highest BCUT2D eigenvalue weighted by Crippen LogP contribution is 2.33. The molecule has 0 radical (unpaired) electrons. The maximum absolute atomic E-state index is 12.5. The van der Waals surface area contributed by atoms with Gasteiger partial charge in [-0.3, -0.25) is 14.5 Å². The van der Waals surface area contributed by atoms with Crippen molar-refractivity contribution in [2.75, 3.05) is 19.6 Å². The maximum atomic E-state index is 12.5. The third-order valence-electron chi connectivity index (χ3n) is 6.38. The Morgan fingerprint density at radius 3 is 2.20 bits per heavy atom. The van der Waals surface area contributed by atoms with Gasteiger partial charge >= 0.3 is 6.03 Å². The molecule has 2 saturated heterocycles. The number of hydrogen-bond donors (Lipinski definition) is 0. The van der Waals surface area contributed by atoms with Gasteiger partial charge in [-0.15, -0.1) is 0 Å². The maximum Gasteiger partial charge on any atom is 0.327 e. The van der Waals surface area contributed by atoms with Crippen LogP contribution >= 0.6 is 0 Å². The van der Waals surface area contributed by atoms with Crippen LogP contribution in [-0.4, -0.2) is 64.3 Å². The number of piperidine rings is 1. The van der Waals surface area contributed by atoms with E-state index < -0.39 is 0 Å². The Morgan fingerprint density at radius 2 is 1.56 bits per heavy atom. The molecule has 0 spiro atoms. The van der Waals surface area contributed by atoms with Gasteiger partial charge in [-0.1, -0.05) is 19.3 Å². The number of hydrogen-bond acceptors (Lipinski definition) is 3. The smallest absolute Gasteiger partial charge is 0.327 e. The summed E-state index contributed by atoms with van der Waals surface area (Å²) in [4.78, 5) is 42.4. The van der Waals surface area contributed by atoms with Gasteiger partial charge in [0.1, 0.15) is 6.54 Å². The molecule has 0 aromatic heterocycles. The molecule has 0 aromatic rings. The van der Waals surface area contributed by atoms with Gasteiger partial charge in [0.05, 0.1) is 0 Å². The van der Waals surface area contributed by atoms with Gasteiger partial charge < -0.3 is 9.80 Å². The Labute approximate surface area is 149 Å². The number of nitrogens with zero attached hydrogens (tertiary/aromatic N) is 3. The molecule has 0 bridgehead atoms. The molecule has 4 rings (SSSR count). The molecule has 2 aliphatic heterocycles. The molecule has 0 N–H and O–H groups in total. The van der Waals surface area contributed by atoms with Gasteiger partial charge in [0.25, 0.3) is 5.91 Å². The summed E-state index contributed by atoms with van der Waals surface area (Å²) in [7, 11) is 0. The van der Waals surface area contributed by atoms with Crippen molar-refractivity contribution in [3.05, 3.63) is 0 Å². The molecule has 138 valence electrons. The van der Waals surface area contributed by atoms with Crippen LogP contribution in [0.5, 0.6) is 0 Å². The molecular weight excluding hydrogens is 318 g/mol. The van der Waals surface area contributed by atoms with E-state index in [1.54, 1.807) is 4.90 Å². The third kappa shape index (κ3) is 3.53. The van der Waals surface area contributed by atoms with Crippen molar-refractivity contribution >= 4 is 17.8 Å². The summed E-state index contributed by atoms with van der Waals surface area (Å²) in [6.45, 7) is 1.67. The SMILES string of the molecule is O=C(CC1CCCCC1)N1CCC(N2CC(=O)N(C3CC3)C2=O)CC1. The molecule has 0 aromatic carbocycles. The Hall–Kier alpha value is -1.59. The van der Waals surface area contributed by atoms with E-state index in [4.69, 9.17) is 0 Å². The second kappa shape index (κ2) is 6.96. The summed E-state index contributed by atoms with van der Waals surface area (Å²) in [5, 5.41) is 0. The molecule has 0 atom stereocenters. The quantitative estimate of drug-likeness (QED) is 0.734. The fourth-order valence-electron chi connectivity index (χ4n) is 4.71. The summed E-state index contributed by atoms with van der Waals surface area (Å²) >= 11 is 0. The van der Waals surface area contributed by atoms with Crippen LogP contribution in [0.1, 0.15) is 64.2 Å². The fraction of sp³-hybridized carbons (Fsp3) is 0.842. The molecule has 2 saturated carbocycles. The zero-order chi connectivity index (χ0) is 17.4. The first kappa shape index (κ1) is 16.9. The van der Waals surface area contributed by atoms with Gasteiger partial charge in [0, 0.05) is 31.6 Å². The lowest BCUT2D eigenvalue weighted by molar-refractivity contribution is -0.134. The average Bonchev–Trinajstić information content (AvgIpc) is 3.41. The Kier molecular flexibility index (Phi) is 4.69. The summed E-state index contributed by atoms with van der Waals surface area (Å²) in [6.07, 6.45) is 10.5. The minimum Gasteiger partial charge on any atom is -0.343 e. The van der Waals surface area contributed by atoms with Gasteiger partial charge in [0.2, 0.25) is 5.91 Å². The second-order valence-corrected chi connectivity index (χ2v) is 8.23. The first-order chi connectivity index (χ1) is 12.1. The van der Waals surface area contributed by atoms with E-state index in [1.165, 1.54) is 37.0 Å². The molecule has 0 unspecified atom stereocenters. The summed E-state index contributed by atoms with van der Waals surface area (Å²) in [6, 6.07) is 0.167. The summed E-state index contributed by atoms with van der Waals surface area (Å²) < 4.78 is 0. The third-order valence-corrected chi connectivity index (χ3v) is 6.38. The summed E-state index contributed by atoms with van der Waals surface area (Å²) in [5.74, 6) is 0.820. The van der Waals surface area contributed by atoms with Crippen LogP contribution in [0.3, 0.4) is 0 Å². The second-order valence-electron chi connectivity index (χ2n) is 8.23. The van der Waals surface area contributed by atoms with Crippen LogP contribution in [0.15, 0.2) is 0 Å². The minimum atomic E-state index is -0.0977. The average molecular weight is 347 g/mol. The van der Waals surface area contributed by atoms with Crippen LogP contribution in [0.4, 0.5) is 4.79 Å². The monoisotopic (exact) mass is 347 g/mol. The Balaban J connectivity index is 1.27. The zero-order valence-electron chi connectivity index (χ0n) is 15.0. The highest BCUT2D eigenvalue weighted by molar-refractivity contribution is 6.02. The van der Waals surface area contributed by atoms with E-state index in [0.29, 0.717) is 12.3 Å². The highest BCUT2D eigenvalue weighted by atomic mass is 16.2. The van der Waals surface area contributed by atoms with Gasteiger partial charge in [-0.25, -0.2) is 4.79 Å². The van der Waals surface area contributed by atoms with Crippen LogP contribution in [0, 0.1) is 5.92 Å². The molecule has 4 amide bonds. The van der Waals surface area contributed by atoms with E-state index in [0.717, 1.165) is 38.8 Å². The fourth-order valence-corrected chi connectivity index (χ4v) is 4.71. The number of carbonyl (C=O) groups is 3. The van der Waals surface area contributed by atoms with Crippen LogP contribution < -0.4 is 0 Å². The number of rotatable bonds is 4. The van der Waals surface area contributed by atoms with E-state index in [9.17, 15) is 14.4 Å². The van der Waals surface area contributed by atoms with Crippen molar-refractivity contribution in [3.63, 3.8) is 0 Å². The number of urea groups is 1. The Bertz CT molecular complexity index is 546. The zero-order valence-corrected chi connectivity index (χ0v) is 15.0. The first-order valence-corrected chi connectivity index (χ1v) is 10.0. The number of likely N-dealkylation sites (tertiary alicyclic amines) is 1. The number of imide groups is 1. The van der Waals surface area contributed by atoms with E-state index in [-0.39, 0.29) is 36.5 Å². The van der Waals surface area contributed by atoms with Gasteiger partial charge in [-0.2, -0.15) is 0 Å². The van der Waals surface area contributed by atoms with Crippen molar-refractivity contribution in [1.82, 2.24) is 14.7 Å². The van der Waals surface area contributed by atoms with Crippen molar-refractivity contribution in [3.8, 4) is 0 Å². The van der Waals surface area contributed by atoms with Crippen molar-refractivity contribution in [2.24, 2.45) is 5.92 Å². The van der Waals surface area contributed by atoms with Crippen molar-refractivity contribution in [1.29, 1.82) is 0 Å². The molecule has 2 aliphatic carbocycles. The van der Waals surface area contributed by atoms with E-state index >= 15 is 0 Å². The van der Waals surface area contributed by atoms with Crippen LogP contribution in [-0.2, 0) is 9.59 Å². The molecule has 6 nitrogen and oxygen atoms in total. The van der Waals surface area contributed by atoms with E-state index in [2.05, 4.69) is 0 Å². The number of amides is 4. The van der Waals surface area contributed by atoms with Gasteiger partial charge in [-0.05, 0) is 44.4 Å². The molecule has 25 heavy (non-hydrogen) atoms. The molecule has 4 fully saturated rings. The lowest BCUT2D eigenvalue weighted by atomic mass is 9.86. The standard InChI is InChI=1S/C19H29N3O3/c23-17(12-14-4-2-1-3-5-14)20-10-8-15(9-11-20)21-13-18(24)22(19(21)25)16-6-7-16/h14-16H,1-13H2.